The molecule has 0 aliphatic rings. The molecule has 0 aromatic rings. The average molecular weight is 486 g/mol. The molecule has 0 spiro atoms. The van der Waals surface area contributed by atoms with E-state index in [0.717, 1.165) is 9.80 Å². The predicted molar refractivity (Wildman–Crippen MR) is 74.4 cm³/mol. The topological polar surface area (TPSA) is 210 Å². The minimum atomic E-state index is -1.54. The second-order valence-corrected chi connectivity index (χ2v) is 5.56. The van der Waals surface area contributed by atoms with Gasteiger partial charge >= 0.3 is 20.1 Å². The molecule has 1 radical (unpaired) electrons. The summed E-state index contributed by atoms with van der Waals surface area (Å²) in [4.78, 5) is 56.4. The van der Waals surface area contributed by atoms with E-state index in [-0.39, 0.29) is 46.3 Å². The van der Waals surface area contributed by atoms with E-state index in [0.29, 0.717) is 0 Å². The molecular formula is C14H18N3O10Tc-. The number of aliphatic carboxylic acids is 5. The number of rotatable bonds is 16. The summed E-state index contributed by atoms with van der Waals surface area (Å²) >= 11 is 0. The number of carboxylic acids is 5. The minimum Gasteiger partial charge on any atom is -0.549 e. The summed E-state index contributed by atoms with van der Waals surface area (Å²) in [6.45, 7) is -4.16. The third-order valence-electron chi connectivity index (χ3n) is 3.23. The van der Waals surface area contributed by atoms with Gasteiger partial charge in [-0.2, -0.15) is 0 Å². The first-order valence-corrected chi connectivity index (χ1v) is 7.66. The summed E-state index contributed by atoms with van der Waals surface area (Å²) < 4.78 is 0. The van der Waals surface area contributed by atoms with Crippen molar-refractivity contribution < 1.29 is 69.6 Å². The van der Waals surface area contributed by atoms with Crippen LogP contribution in [0.2, 0.25) is 0 Å². The summed E-state index contributed by atoms with van der Waals surface area (Å²) in [5.41, 5.74) is 0. The third-order valence-corrected chi connectivity index (χ3v) is 3.23. The van der Waals surface area contributed by atoms with Crippen molar-refractivity contribution in [3.05, 3.63) is 0 Å². The van der Waals surface area contributed by atoms with E-state index in [1.165, 1.54) is 4.90 Å². The SMILES string of the molecule is O=C([O-])CN(CCN(CC(=O)[O-])CC(=O)[O-])CCN(CC(=O)[O-])CC(=O)[O-].[Tc+4]. The van der Waals surface area contributed by atoms with Gasteiger partial charge in [0.1, 0.15) is 0 Å². The van der Waals surface area contributed by atoms with E-state index in [1.54, 1.807) is 0 Å². The second-order valence-electron chi connectivity index (χ2n) is 5.56. The quantitative estimate of drug-likeness (QED) is 0.199. The van der Waals surface area contributed by atoms with Crippen LogP contribution >= 0.6 is 0 Å². The van der Waals surface area contributed by atoms with Gasteiger partial charge in [-0.25, -0.2) is 0 Å². The Hall–Kier alpha value is -2.12. The molecular weight excluding hydrogens is 468 g/mol. The molecule has 0 aromatic heterocycles. The maximum atomic E-state index is 10.8. The third kappa shape index (κ3) is 16.1. The van der Waals surface area contributed by atoms with Crippen LogP contribution in [0.25, 0.3) is 0 Å². The Morgan fingerprint density at radius 2 is 0.607 bits per heavy atom. The van der Waals surface area contributed by atoms with E-state index in [2.05, 4.69) is 0 Å². The van der Waals surface area contributed by atoms with Crippen LogP contribution in [0.15, 0.2) is 0 Å². The van der Waals surface area contributed by atoms with Crippen molar-refractivity contribution in [2.24, 2.45) is 0 Å². The Labute approximate surface area is 173 Å². The smallest absolute Gasteiger partial charge is 0.549 e. The summed E-state index contributed by atoms with van der Waals surface area (Å²) in [6.07, 6.45) is 0. The summed E-state index contributed by atoms with van der Waals surface area (Å²) in [6, 6.07) is 0. The molecule has 0 atom stereocenters. The zero-order valence-corrected chi connectivity index (χ0v) is 16.5. The normalized spacial score (nSPS) is 10.7. The van der Waals surface area contributed by atoms with Gasteiger partial charge in [-0.3, -0.25) is 14.7 Å². The molecule has 0 rings (SSSR count). The van der Waals surface area contributed by atoms with Gasteiger partial charge in [0, 0.05) is 58.9 Å². The number of carboxylic acid groups (broad SMARTS) is 5. The fourth-order valence-corrected chi connectivity index (χ4v) is 2.18. The van der Waals surface area contributed by atoms with Crippen LogP contribution in [0.4, 0.5) is 0 Å². The van der Waals surface area contributed by atoms with E-state index in [1.807, 2.05) is 0 Å². The zero-order valence-electron chi connectivity index (χ0n) is 14.7. The fraction of sp³-hybridized carbons (Fsp3) is 0.643. The summed E-state index contributed by atoms with van der Waals surface area (Å²) in [7, 11) is 0. The van der Waals surface area contributed by atoms with Gasteiger partial charge in [0.15, 0.2) is 0 Å². The average Bonchev–Trinajstić information content (AvgIpc) is 2.46. The van der Waals surface area contributed by atoms with E-state index < -0.39 is 62.6 Å². The van der Waals surface area contributed by atoms with Crippen molar-refractivity contribution in [2.45, 2.75) is 0 Å². The Balaban J connectivity index is 0. The number of hydrogen-bond acceptors (Lipinski definition) is 13. The van der Waals surface area contributed by atoms with Crippen molar-refractivity contribution >= 4 is 29.8 Å². The molecule has 0 aliphatic carbocycles. The second kappa shape index (κ2) is 14.9. The van der Waals surface area contributed by atoms with Crippen LogP contribution in [0.3, 0.4) is 0 Å². The monoisotopic (exact) mass is 485 g/mol. The van der Waals surface area contributed by atoms with Crippen LogP contribution in [0, 0.1) is 0 Å². The van der Waals surface area contributed by atoms with Gasteiger partial charge in [-0.15, -0.1) is 0 Å². The molecule has 0 aromatic carbocycles. The molecule has 0 unspecified atom stereocenters. The first-order valence-electron chi connectivity index (χ1n) is 7.66. The van der Waals surface area contributed by atoms with Gasteiger partial charge in [0.25, 0.3) is 0 Å². The Bertz CT molecular complexity index is 487. The van der Waals surface area contributed by atoms with Crippen molar-refractivity contribution in [3.63, 3.8) is 0 Å². The van der Waals surface area contributed by atoms with Crippen LogP contribution in [0.1, 0.15) is 0 Å². The van der Waals surface area contributed by atoms with Crippen LogP contribution < -0.4 is 25.5 Å². The first kappa shape index (κ1) is 28.1. The molecule has 0 saturated heterocycles. The van der Waals surface area contributed by atoms with Gasteiger partial charge in [0.05, 0.1) is 29.8 Å². The fourth-order valence-electron chi connectivity index (χ4n) is 2.18. The maximum absolute atomic E-state index is 10.8. The molecule has 0 amide bonds. The molecule has 0 bridgehead atoms. The van der Waals surface area contributed by atoms with Gasteiger partial charge < -0.3 is 49.5 Å². The van der Waals surface area contributed by atoms with Crippen molar-refractivity contribution in [1.29, 1.82) is 0 Å². The molecule has 0 N–H and O–H groups in total. The molecule has 14 heteroatoms. The maximum Gasteiger partial charge on any atom is 4.00 e. The number of carbonyl (C=O) groups is 5. The minimum absolute atomic E-state index is 0. The van der Waals surface area contributed by atoms with E-state index >= 15 is 0 Å². The van der Waals surface area contributed by atoms with Crippen LogP contribution in [0.5, 0.6) is 0 Å². The van der Waals surface area contributed by atoms with E-state index in [4.69, 9.17) is 0 Å². The Morgan fingerprint density at radius 1 is 0.429 bits per heavy atom. The Kier molecular flexibility index (Phi) is 14.9. The molecule has 13 nitrogen and oxygen atoms in total. The van der Waals surface area contributed by atoms with Crippen molar-refractivity contribution in [1.82, 2.24) is 14.7 Å². The molecule has 0 fully saturated rings. The molecule has 28 heavy (non-hydrogen) atoms. The number of nitrogens with zero attached hydrogens (tertiary/aromatic N) is 3. The van der Waals surface area contributed by atoms with Gasteiger partial charge in [-0.1, -0.05) is 0 Å². The standard InChI is InChI=1S/C14H23N3O10.Tc/c18-10(19)5-15(1-3-16(6-11(20)21)7-12(22)23)2-4-17(8-13(24)25)9-14(26)27;/h1-9H2,(H,18,19)(H,20,21)(H,22,23)(H,24,25)(H,26,27);/q;+4/p-5. The zero-order chi connectivity index (χ0) is 21.0. The molecule has 0 aliphatic heterocycles. The van der Waals surface area contributed by atoms with Crippen LogP contribution in [-0.4, -0.2) is 103 Å². The summed E-state index contributed by atoms with van der Waals surface area (Å²) in [5, 5.41) is 53.3. The van der Waals surface area contributed by atoms with Crippen molar-refractivity contribution in [2.75, 3.05) is 58.9 Å². The van der Waals surface area contributed by atoms with Crippen LogP contribution in [-0.2, 0) is 44.1 Å². The van der Waals surface area contributed by atoms with E-state index in [9.17, 15) is 49.5 Å². The number of carbonyl (C=O) groups excluding carboxylic acids is 5. The molecule has 0 heterocycles. The number of hydrogen-bond donors (Lipinski definition) is 0. The van der Waals surface area contributed by atoms with Gasteiger partial charge in [-0.05, 0) is 0 Å². The van der Waals surface area contributed by atoms with Gasteiger partial charge in [0.2, 0.25) is 0 Å². The first-order chi connectivity index (χ1) is 12.5. The molecule has 0 saturated carbocycles. The van der Waals surface area contributed by atoms with Crippen molar-refractivity contribution in [3.8, 4) is 0 Å². The summed E-state index contributed by atoms with van der Waals surface area (Å²) in [5.74, 6) is -7.67. The largest absolute Gasteiger partial charge is 4.00 e. The Morgan fingerprint density at radius 3 is 0.821 bits per heavy atom. The predicted octanol–water partition coefficient (Wildman–Crippen LogP) is -9.36. The molecule has 157 valence electrons.